The Hall–Kier alpha value is -4.25. The smallest absolute Gasteiger partial charge is 0.410 e. The van der Waals surface area contributed by atoms with Gasteiger partial charge < -0.3 is 39.0 Å². The van der Waals surface area contributed by atoms with Crippen LogP contribution in [0.5, 0.6) is 17.2 Å². The number of hydrogen-bond donors (Lipinski definition) is 1. The average molecular weight is 593 g/mol. The number of amides is 2. The Bertz CT molecular complexity index is 1550. The summed E-state index contributed by atoms with van der Waals surface area (Å²) in [5, 5.41) is 0.610. The van der Waals surface area contributed by atoms with Crippen LogP contribution >= 0.6 is 0 Å². The zero-order valence-electron chi connectivity index (χ0n) is 25.3. The third kappa shape index (κ3) is 7.05. The van der Waals surface area contributed by atoms with Gasteiger partial charge in [0.05, 0.1) is 18.2 Å². The van der Waals surface area contributed by atoms with Crippen LogP contribution < -0.4 is 25.5 Å². The molecule has 3 heterocycles. The first kappa shape index (κ1) is 30.2. The summed E-state index contributed by atoms with van der Waals surface area (Å²) in [7, 11) is 1.56. The molecule has 0 saturated carbocycles. The number of nitrogens with two attached hydrogens (primary N) is 1. The molecule has 0 bridgehead atoms. The molecule has 230 valence electrons. The van der Waals surface area contributed by atoms with Crippen molar-refractivity contribution < 1.29 is 28.5 Å². The van der Waals surface area contributed by atoms with Gasteiger partial charge in [-0.2, -0.15) is 0 Å². The predicted molar refractivity (Wildman–Crippen MR) is 162 cm³/mol. The number of aromatic nitrogens is 1. The van der Waals surface area contributed by atoms with Gasteiger partial charge in [0.25, 0.3) is 5.56 Å². The van der Waals surface area contributed by atoms with Crippen LogP contribution in [0.2, 0.25) is 0 Å². The number of piperidine rings is 1. The van der Waals surface area contributed by atoms with Crippen LogP contribution in [0.4, 0.5) is 4.79 Å². The second-order valence-electron chi connectivity index (χ2n) is 12.0. The first-order valence-corrected chi connectivity index (χ1v) is 14.6. The van der Waals surface area contributed by atoms with Crippen LogP contribution in [0.25, 0.3) is 10.9 Å². The maximum atomic E-state index is 13.4. The maximum Gasteiger partial charge on any atom is 0.410 e. The molecule has 2 aliphatic rings. The minimum atomic E-state index is -0.646. The quantitative estimate of drug-likeness (QED) is 0.419. The molecule has 11 heteroatoms. The Morgan fingerprint density at radius 3 is 2.40 bits per heavy atom. The molecule has 1 saturated heterocycles. The van der Waals surface area contributed by atoms with Gasteiger partial charge in [-0.3, -0.25) is 9.59 Å². The lowest BCUT2D eigenvalue weighted by atomic mass is 10.0. The van der Waals surface area contributed by atoms with Crippen LogP contribution in [-0.4, -0.2) is 78.0 Å². The highest BCUT2D eigenvalue weighted by Crippen LogP contribution is 2.32. The van der Waals surface area contributed by atoms with Gasteiger partial charge in [-0.15, -0.1) is 0 Å². The molecule has 0 atom stereocenters. The minimum absolute atomic E-state index is 0.0121. The second-order valence-corrected chi connectivity index (χ2v) is 12.0. The van der Waals surface area contributed by atoms with Crippen molar-refractivity contribution in [2.45, 2.75) is 58.3 Å². The van der Waals surface area contributed by atoms with Crippen molar-refractivity contribution in [1.29, 1.82) is 0 Å². The summed E-state index contributed by atoms with van der Waals surface area (Å²) in [5.41, 5.74) is 6.39. The number of carbonyl (C=O) groups excluding carboxylic acids is 2. The highest BCUT2D eigenvalue weighted by Gasteiger charge is 2.31. The van der Waals surface area contributed by atoms with Crippen molar-refractivity contribution in [2.24, 2.45) is 5.73 Å². The fraction of sp³-hybridized carbons (Fsp3) is 0.469. The van der Waals surface area contributed by atoms with E-state index in [1.165, 1.54) is 6.07 Å². The van der Waals surface area contributed by atoms with E-state index in [2.05, 4.69) is 4.90 Å². The number of primary amides is 1. The molecule has 2 aromatic carbocycles. The number of pyridine rings is 1. The predicted octanol–water partition coefficient (Wildman–Crippen LogP) is 3.78. The van der Waals surface area contributed by atoms with Crippen molar-refractivity contribution in [3.05, 3.63) is 63.9 Å². The molecular weight excluding hydrogens is 552 g/mol. The van der Waals surface area contributed by atoms with E-state index < -0.39 is 11.5 Å². The van der Waals surface area contributed by atoms with Crippen molar-refractivity contribution in [2.75, 3.05) is 40.0 Å². The van der Waals surface area contributed by atoms with Gasteiger partial charge in [0.15, 0.2) is 11.5 Å². The van der Waals surface area contributed by atoms with E-state index >= 15 is 0 Å². The molecule has 1 fully saturated rings. The second kappa shape index (κ2) is 12.5. The van der Waals surface area contributed by atoms with Crippen molar-refractivity contribution in [3.8, 4) is 17.2 Å². The number of rotatable bonds is 8. The molecule has 2 aliphatic heterocycles. The van der Waals surface area contributed by atoms with E-state index in [0.29, 0.717) is 61.0 Å². The fourth-order valence-corrected chi connectivity index (χ4v) is 5.66. The monoisotopic (exact) mass is 592 g/mol. The number of benzene rings is 2. The fourth-order valence-electron chi connectivity index (χ4n) is 5.66. The molecule has 2 N–H and O–H groups in total. The van der Waals surface area contributed by atoms with E-state index in [9.17, 15) is 14.4 Å². The summed E-state index contributed by atoms with van der Waals surface area (Å²) in [4.78, 5) is 42.6. The zero-order chi connectivity index (χ0) is 30.7. The van der Waals surface area contributed by atoms with E-state index in [0.717, 1.165) is 31.5 Å². The van der Waals surface area contributed by atoms with E-state index in [4.69, 9.17) is 24.7 Å². The molecule has 11 nitrogen and oxygen atoms in total. The number of ether oxygens (including phenoxy) is 4. The van der Waals surface area contributed by atoms with E-state index in [-0.39, 0.29) is 23.3 Å². The molecular formula is C32H40N4O7. The van der Waals surface area contributed by atoms with Gasteiger partial charge in [-0.25, -0.2) is 4.79 Å². The van der Waals surface area contributed by atoms with Gasteiger partial charge >= 0.3 is 6.09 Å². The summed E-state index contributed by atoms with van der Waals surface area (Å²) in [6.07, 6.45) is 1.17. The Morgan fingerprint density at radius 2 is 1.72 bits per heavy atom. The number of methoxy groups -OCH3 is 1. The zero-order valence-corrected chi connectivity index (χ0v) is 25.3. The minimum Gasteiger partial charge on any atom is -0.497 e. The molecule has 3 aromatic rings. The number of likely N-dealkylation sites (tertiary alicyclic amines) is 1. The lowest BCUT2D eigenvalue weighted by molar-refractivity contribution is 0.00562. The molecule has 1 aromatic heterocycles. The lowest BCUT2D eigenvalue weighted by Crippen LogP contribution is -2.49. The SMILES string of the molecule is COc1ccc2c(C(N)=O)cc(=O)n(CCN3CCC(N(Cc4ccc5c(c4)OCCO5)C(=O)OC(C)(C)C)CC3)c2c1. The van der Waals surface area contributed by atoms with Crippen molar-refractivity contribution >= 4 is 22.9 Å². The van der Waals surface area contributed by atoms with Crippen molar-refractivity contribution in [3.63, 3.8) is 0 Å². The van der Waals surface area contributed by atoms with Crippen LogP contribution in [-0.2, 0) is 17.8 Å². The largest absolute Gasteiger partial charge is 0.497 e. The third-order valence-electron chi connectivity index (χ3n) is 7.81. The van der Waals surface area contributed by atoms with Crippen molar-refractivity contribution in [1.82, 2.24) is 14.4 Å². The molecule has 0 unspecified atom stereocenters. The van der Waals surface area contributed by atoms with Gasteiger partial charge in [0, 0.05) is 56.3 Å². The Labute approximate surface area is 251 Å². The van der Waals surface area contributed by atoms with Crippen LogP contribution in [0, 0.1) is 0 Å². The van der Waals surface area contributed by atoms with Gasteiger partial charge in [-0.05, 0) is 63.4 Å². The van der Waals surface area contributed by atoms with Gasteiger partial charge in [-0.1, -0.05) is 6.07 Å². The number of carbonyl (C=O) groups is 2. The topological polar surface area (TPSA) is 126 Å². The normalized spacial score (nSPS) is 15.7. The molecule has 5 rings (SSSR count). The first-order valence-electron chi connectivity index (χ1n) is 14.6. The molecule has 2 amide bonds. The highest BCUT2D eigenvalue weighted by atomic mass is 16.6. The van der Waals surface area contributed by atoms with E-state index in [1.807, 2.05) is 43.9 Å². The van der Waals surface area contributed by atoms with E-state index in [1.54, 1.807) is 29.9 Å². The van der Waals surface area contributed by atoms with Gasteiger partial charge in [0.1, 0.15) is 24.6 Å². The van der Waals surface area contributed by atoms with Crippen LogP contribution in [0.15, 0.2) is 47.3 Å². The Kier molecular flexibility index (Phi) is 8.82. The lowest BCUT2D eigenvalue weighted by Gasteiger charge is -2.39. The standard InChI is InChI=1S/C32H40N4O7/c1-32(2,3)43-31(39)36(20-21-5-8-27-28(17-21)42-16-15-41-27)22-9-11-34(12-10-22)13-14-35-26-18-23(40-4)6-7-24(26)25(30(33)38)19-29(35)37/h5-8,17-19,22H,9-16,20H2,1-4H3,(H2,33,38). The summed E-state index contributed by atoms with van der Waals surface area (Å²) in [6.45, 7) is 9.57. The Balaban J connectivity index is 1.29. The van der Waals surface area contributed by atoms with Crippen LogP contribution in [0.1, 0.15) is 49.5 Å². The summed E-state index contributed by atoms with van der Waals surface area (Å²) >= 11 is 0. The first-order chi connectivity index (χ1) is 20.5. The number of fused-ring (bicyclic) bond motifs is 2. The summed E-state index contributed by atoms with van der Waals surface area (Å²) in [6, 6.07) is 12.3. The van der Waals surface area contributed by atoms with Crippen LogP contribution in [0.3, 0.4) is 0 Å². The number of hydrogen-bond acceptors (Lipinski definition) is 8. The molecule has 0 spiro atoms. The molecule has 43 heavy (non-hydrogen) atoms. The number of nitrogens with zero attached hydrogens (tertiary/aromatic N) is 3. The van der Waals surface area contributed by atoms with Gasteiger partial charge in [0.2, 0.25) is 5.91 Å². The molecule has 0 aliphatic carbocycles. The molecule has 0 radical (unpaired) electrons. The summed E-state index contributed by atoms with van der Waals surface area (Å²) < 4.78 is 24.2. The summed E-state index contributed by atoms with van der Waals surface area (Å²) in [5.74, 6) is 1.34. The maximum absolute atomic E-state index is 13.4. The highest BCUT2D eigenvalue weighted by molar-refractivity contribution is 6.05. The third-order valence-corrected chi connectivity index (χ3v) is 7.81. The average Bonchev–Trinajstić information content (AvgIpc) is 2.98. The Morgan fingerprint density at radius 1 is 1.00 bits per heavy atom.